The van der Waals surface area contributed by atoms with E-state index in [1.165, 1.54) is 7.11 Å². The molecule has 0 bridgehead atoms. The van der Waals surface area contributed by atoms with Crippen molar-refractivity contribution in [2.75, 3.05) is 37.6 Å². The van der Waals surface area contributed by atoms with Crippen molar-refractivity contribution < 1.29 is 9.47 Å². The Bertz CT molecular complexity index is 365. The van der Waals surface area contributed by atoms with Gasteiger partial charge in [0.15, 0.2) is 0 Å². The first-order valence-corrected chi connectivity index (χ1v) is 5.31. The summed E-state index contributed by atoms with van der Waals surface area (Å²) < 4.78 is 10.3. The predicted octanol–water partition coefficient (Wildman–Crippen LogP) is -0.609. The number of methoxy groups -OCH3 is 2. The fraction of sp³-hybridized carbons (Fsp3) is 0.667. The number of anilines is 2. The molecule has 1 atom stereocenters. The summed E-state index contributed by atoms with van der Waals surface area (Å²) in [5.41, 5.74) is 2.39. The van der Waals surface area contributed by atoms with Crippen LogP contribution in [0.5, 0.6) is 6.01 Å². The Hall–Kier alpha value is -1.67. The Labute approximate surface area is 99.1 Å². The maximum Gasteiger partial charge on any atom is 0.322 e. The Morgan fingerprint density at radius 3 is 2.76 bits per heavy atom. The number of nitrogens with zero attached hydrogens (tertiary/aromatic N) is 4. The zero-order chi connectivity index (χ0) is 12.3. The molecule has 1 aliphatic rings. The molecule has 17 heavy (non-hydrogen) atoms. The molecule has 0 aliphatic carbocycles. The molecule has 0 aromatic carbocycles. The summed E-state index contributed by atoms with van der Waals surface area (Å²) in [4.78, 5) is 14.3. The number of hydrazine groups is 1. The van der Waals surface area contributed by atoms with Gasteiger partial charge in [-0.05, 0) is 6.42 Å². The second-order valence-electron chi connectivity index (χ2n) is 3.68. The van der Waals surface area contributed by atoms with E-state index in [0.29, 0.717) is 5.95 Å². The van der Waals surface area contributed by atoms with Crippen molar-refractivity contribution in [3.63, 3.8) is 0 Å². The third kappa shape index (κ3) is 2.53. The number of rotatable bonds is 4. The summed E-state index contributed by atoms with van der Waals surface area (Å²) in [5.74, 6) is 6.12. The number of aromatic nitrogens is 3. The summed E-state index contributed by atoms with van der Waals surface area (Å²) in [6.45, 7) is 1.60. The van der Waals surface area contributed by atoms with E-state index in [4.69, 9.17) is 15.3 Å². The van der Waals surface area contributed by atoms with Gasteiger partial charge in [0.05, 0.1) is 13.2 Å². The molecule has 94 valence electrons. The van der Waals surface area contributed by atoms with Crippen molar-refractivity contribution in [3.8, 4) is 6.01 Å². The standard InChI is InChI=1S/C9H16N6O2/c1-16-6-3-4-15(5-6)8-11-7(14-10)12-9(13-8)17-2/h6H,3-5,10H2,1-2H3,(H,11,12,13,14). The van der Waals surface area contributed by atoms with Gasteiger partial charge in [-0.2, -0.15) is 15.0 Å². The highest BCUT2D eigenvalue weighted by Crippen LogP contribution is 2.20. The molecule has 8 nitrogen and oxygen atoms in total. The van der Waals surface area contributed by atoms with Gasteiger partial charge in [-0.1, -0.05) is 0 Å². The molecule has 0 amide bonds. The molecular weight excluding hydrogens is 224 g/mol. The van der Waals surface area contributed by atoms with E-state index in [0.717, 1.165) is 19.5 Å². The van der Waals surface area contributed by atoms with Gasteiger partial charge in [-0.3, -0.25) is 5.43 Å². The average Bonchev–Trinajstić information content (AvgIpc) is 2.86. The molecule has 1 aliphatic heterocycles. The minimum absolute atomic E-state index is 0.215. The lowest BCUT2D eigenvalue weighted by Crippen LogP contribution is -2.25. The maximum absolute atomic E-state index is 5.29. The molecule has 2 heterocycles. The van der Waals surface area contributed by atoms with Crippen molar-refractivity contribution in [1.82, 2.24) is 15.0 Å². The summed E-state index contributed by atoms with van der Waals surface area (Å²) >= 11 is 0. The third-order valence-electron chi connectivity index (χ3n) is 2.68. The number of hydrogen-bond donors (Lipinski definition) is 2. The van der Waals surface area contributed by atoms with Crippen molar-refractivity contribution in [1.29, 1.82) is 0 Å². The number of hydrogen-bond acceptors (Lipinski definition) is 8. The van der Waals surface area contributed by atoms with Gasteiger partial charge >= 0.3 is 6.01 Å². The van der Waals surface area contributed by atoms with Crippen molar-refractivity contribution in [2.45, 2.75) is 12.5 Å². The monoisotopic (exact) mass is 240 g/mol. The maximum atomic E-state index is 5.29. The highest BCUT2D eigenvalue weighted by atomic mass is 16.5. The molecule has 1 saturated heterocycles. The zero-order valence-electron chi connectivity index (χ0n) is 9.88. The van der Waals surface area contributed by atoms with Gasteiger partial charge in [0.25, 0.3) is 0 Å². The molecule has 0 radical (unpaired) electrons. The fourth-order valence-electron chi connectivity index (χ4n) is 1.75. The van der Waals surface area contributed by atoms with Gasteiger partial charge in [0, 0.05) is 20.2 Å². The third-order valence-corrected chi connectivity index (χ3v) is 2.68. The van der Waals surface area contributed by atoms with E-state index in [1.54, 1.807) is 7.11 Å². The second kappa shape index (κ2) is 5.11. The van der Waals surface area contributed by atoms with E-state index in [1.807, 2.05) is 4.90 Å². The topological polar surface area (TPSA) is 98.4 Å². The van der Waals surface area contributed by atoms with Crippen LogP contribution in [-0.4, -0.2) is 48.4 Å². The molecule has 1 fully saturated rings. The Morgan fingerprint density at radius 2 is 2.18 bits per heavy atom. The Balaban J connectivity index is 2.20. The highest BCUT2D eigenvalue weighted by molar-refractivity contribution is 5.38. The van der Waals surface area contributed by atoms with Crippen LogP contribution in [0.4, 0.5) is 11.9 Å². The van der Waals surface area contributed by atoms with Crippen LogP contribution in [0.25, 0.3) is 0 Å². The van der Waals surface area contributed by atoms with Crippen LogP contribution in [0.3, 0.4) is 0 Å². The van der Waals surface area contributed by atoms with Crippen LogP contribution in [0.15, 0.2) is 0 Å². The highest BCUT2D eigenvalue weighted by Gasteiger charge is 2.25. The SMILES string of the molecule is COc1nc(NN)nc(N2CCC(OC)C2)n1. The lowest BCUT2D eigenvalue weighted by atomic mass is 10.3. The molecule has 1 aromatic rings. The van der Waals surface area contributed by atoms with Gasteiger partial charge in [0.1, 0.15) is 0 Å². The van der Waals surface area contributed by atoms with Crippen LogP contribution in [0.2, 0.25) is 0 Å². The Kier molecular flexibility index (Phi) is 3.55. The van der Waals surface area contributed by atoms with Crippen LogP contribution < -0.4 is 20.9 Å². The number of nitrogens with two attached hydrogens (primary N) is 1. The van der Waals surface area contributed by atoms with Crippen molar-refractivity contribution in [3.05, 3.63) is 0 Å². The van der Waals surface area contributed by atoms with Crippen LogP contribution in [-0.2, 0) is 4.74 Å². The van der Waals surface area contributed by atoms with Gasteiger partial charge in [-0.25, -0.2) is 5.84 Å². The first-order valence-electron chi connectivity index (χ1n) is 5.31. The summed E-state index contributed by atoms with van der Waals surface area (Å²) in [7, 11) is 3.20. The molecule has 3 N–H and O–H groups in total. The lowest BCUT2D eigenvalue weighted by molar-refractivity contribution is 0.121. The predicted molar refractivity (Wildman–Crippen MR) is 61.8 cm³/mol. The lowest BCUT2D eigenvalue weighted by Gasteiger charge is -2.16. The molecule has 1 unspecified atom stereocenters. The smallest absolute Gasteiger partial charge is 0.322 e. The summed E-state index contributed by atoms with van der Waals surface area (Å²) in [6.07, 6.45) is 1.17. The minimum atomic E-state index is 0.215. The zero-order valence-corrected chi connectivity index (χ0v) is 9.88. The average molecular weight is 240 g/mol. The van der Waals surface area contributed by atoms with Gasteiger partial charge in [0.2, 0.25) is 11.9 Å². The quantitative estimate of drug-likeness (QED) is 0.531. The molecule has 0 spiro atoms. The van der Waals surface area contributed by atoms with Crippen LogP contribution in [0.1, 0.15) is 6.42 Å². The first kappa shape index (κ1) is 11.8. The number of ether oxygens (including phenoxy) is 2. The summed E-state index contributed by atoms with van der Waals surface area (Å²) in [6, 6.07) is 0.240. The van der Waals surface area contributed by atoms with Crippen LogP contribution in [0, 0.1) is 0 Å². The molecule has 8 heteroatoms. The van der Waals surface area contributed by atoms with E-state index in [-0.39, 0.29) is 18.1 Å². The molecular formula is C9H16N6O2. The number of nitrogen functional groups attached to an aromatic ring is 1. The normalized spacial score (nSPS) is 19.5. The molecule has 2 rings (SSSR count). The van der Waals surface area contributed by atoms with E-state index in [9.17, 15) is 0 Å². The van der Waals surface area contributed by atoms with Crippen molar-refractivity contribution in [2.24, 2.45) is 5.84 Å². The largest absolute Gasteiger partial charge is 0.467 e. The Morgan fingerprint density at radius 1 is 1.35 bits per heavy atom. The van der Waals surface area contributed by atoms with E-state index >= 15 is 0 Å². The van der Waals surface area contributed by atoms with Gasteiger partial charge in [-0.15, -0.1) is 0 Å². The molecule has 1 aromatic heterocycles. The van der Waals surface area contributed by atoms with E-state index in [2.05, 4.69) is 20.4 Å². The number of nitrogens with one attached hydrogen (secondary N) is 1. The first-order chi connectivity index (χ1) is 8.26. The fourth-order valence-corrected chi connectivity index (χ4v) is 1.75. The minimum Gasteiger partial charge on any atom is -0.467 e. The molecule has 0 saturated carbocycles. The van der Waals surface area contributed by atoms with E-state index < -0.39 is 0 Å². The summed E-state index contributed by atoms with van der Waals surface area (Å²) in [5, 5.41) is 0. The van der Waals surface area contributed by atoms with Crippen LogP contribution >= 0.6 is 0 Å². The second-order valence-corrected chi connectivity index (χ2v) is 3.68. The van der Waals surface area contributed by atoms with Crippen molar-refractivity contribution >= 4 is 11.9 Å². The van der Waals surface area contributed by atoms with Gasteiger partial charge < -0.3 is 14.4 Å².